The standard InChI is InChI=1S/C8H17NO/c1-7-4-8(6-10-3)9(2)5-7/h7-8H,4-6H2,1-3H3/t7-,8?/m1/s1. The van der Waals surface area contributed by atoms with Crippen LogP contribution in [-0.4, -0.2) is 38.3 Å². The van der Waals surface area contributed by atoms with E-state index in [1.165, 1.54) is 13.0 Å². The summed E-state index contributed by atoms with van der Waals surface area (Å²) in [6.07, 6.45) is 1.30. The highest BCUT2D eigenvalue weighted by Crippen LogP contribution is 2.20. The van der Waals surface area contributed by atoms with Crippen LogP contribution < -0.4 is 0 Å². The molecule has 1 fully saturated rings. The first-order valence-corrected chi connectivity index (χ1v) is 3.93. The smallest absolute Gasteiger partial charge is 0.0618 e. The Morgan fingerprint density at radius 2 is 2.30 bits per heavy atom. The van der Waals surface area contributed by atoms with Gasteiger partial charge in [0.05, 0.1) is 6.61 Å². The monoisotopic (exact) mass is 143 g/mol. The minimum Gasteiger partial charge on any atom is -0.383 e. The summed E-state index contributed by atoms with van der Waals surface area (Å²) in [6.45, 7) is 4.42. The minimum absolute atomic E-state index is 0.667. The highest BCUT2D eigenvalue weighted by molar-refractivity contribution is 4.80. The molecule has 0 radical (unpaired) electrons. The zero-order valence-corrected chi connectivity index (χ0v) is 7.13. The van der Waals surface area contributed by atoms with Gasteiger partial charge in [0.25, 0.3) is 0 Å². The van der Waals surface area contributed by atoms with E-state index in [4.69, 9.17) is 4.74 Å². The van der Waals surface area contributed by atoms with E-state index >= 15 is 0 Å². The number of methoxy groups -OCH3 is 1. The maximum absolute atomic E-state index is 5.10. The Bertz CT molecular complexity index is 105. The Kier molecular flexibility index (Phi) is 2.69. The molecule has 0 aromatic carbocycles. The van der Waals surface area contributed by atoms with Crippen LogP contribution in [0, 0.1) is 5.92 Å². The van der Waals surface area contributed by atoms with E-state index in [0.717, 1.165) is 12.5 Å². The van der Waals surface area contributed by atoms with Crippen molar-refractivity contribution in [2.45, 2.75) is 19.4 Å². The number of rotatable bonds is 2. The van der Waals surface area contributed by atoms with Gasteiger partial charge in [0, 0.05) is 19.7 Å². The number of hydrogen-bond donors (Lipinski definition) is 0. The van der Waals surface area contributed by atoms with Crippen molar-refractivity contribution in [2.75, 3.05) is 27.3 Å². The minimum atomic E-state index is 0.667. The van der Waals surface area contributed by atoms with Gasteiger partial charge < -0.3 is 9.64 Å². The molecular weight excluding hydrogens is 126 g/mol. The topological polar surface area (TPSA) is 12.5 Å². The highest BCUT2D eigenvalue weighted by Gasteiger charge is 2.25. The van der Waals surface area contributed by atoms with Crippen LogP contribution >= 0.6 is 0 Å². The molecule has 0 aromatic rings. The van der Waals surface area contributed by atoms with Gasteiger partial charge in [-0.1, -0.05) is 6.92 Å². The summed E-state index contributed by atoms with van der Waals surface area (Å²) < 4.78 is 5.10. The molecule has 60 valence electrons. The van der Waals surface area contributed by atoms with Crippen LogP contribution in [0.25, 0.3) is 0 Å². The molecular formula is C8H17NO. The summed E-state index contributed by atoms with van der Waals surface area (Å²) in [5.41, 5.74) is 0. The van der Waals surface area contributed by atoms with Crippen molar-refractivity contribution in [3.05, 3.63) is 0 Å². The molecule has 0 spiro atoms. The number of nitrogens with zero attached hydrogens (tertiary/aromatic N) is 1. The molecule has 2 atom stereocenters. The Labute approximate surface area is 63.2 Å². The van der Waals surface area contributed by atoms with Gasteiger partial charge in [-0.15, -0.1) is 0 Å². The van der Waals surface area contributed by atoms with Crippen LogP contribution in [0.15, 0.2) is 0 Å². The molecule has 0 N–H and O–H groups in total. The largest absolute Gasteiger partial charge is 0.383 e. The molecule has 1 rings (SSSR count). The van der Waals surface area contributed by atoms with Crippen molar-refractivity contribution >= 4 is 0 Å². The Morgan fingerprint density at radius 1 is 1.60 bits per heavy atom. The van der Waals surface area contributed by atoms with Crippen LogP contribution in [0.5, 0.6) is 0 Å². The van der Waals surface area contributed by atoms with E-state index < -0.39 is 0 Å². The zero-order valence-electron chi connectivity index (χ0n) is 7.13. The van der Waals surface area contributed by atoms with E-state index in [1.807, 2.05) is 0 Å². The van der Waals surface area contributed by atoms with Gasteiger partial charge >= 0.3 is 0 Å². The second-order valence-electron chi connectivity index (χ2n) is 3.39. The summed E-state index contributed by atoms with van der Waals surface area (Å²) in [7, 11) is 3.95. The molecule has 10 heavy (non-hydrogen) atoms. The van der Waals surface area contributed by atoms with Gasteiger partial charge in [-0.05, 0) is 19.4 Å². The summed E-state index contributed by atoms with van der Waals surface area (Å²) in [5.74, 6) is 0.852. The lowest BCUT2D eigenvalue weighted by molar-refractivity contribution is 0.129. The van der Waals surface area contributed by atoms with Crippen molar-refractivity contribution in [1.29, 1.82) is 0 Å². The normalized spacial score (nSPS) is 35.1. The third-order valence-electron chi connectivity index (χ3n) is 2.26. The predicted octanol–water partition coefficient (Wildman–Crippen LogP) is 0.973. The van der Waals surface area contributed by atoms with Crippen molar-refractivity contribution in [3.8, 4) is 0 Å². The Hall–Kier alpha value is -0.0800. The number of ether oxygens (including phenoxy) is 1. The molecule has 1 aliphatic heterocycles. The Morgan fingerprint density at radius 3 is 2.70 bits per heavy atom. The molecule has 1 saturated heterocycles. The maximum atomic E-state index is 5.10. The van der Waals surface area contributed by atoms with E-state index in [1.54, 1.807) is 7.11 Å². The first kappa shape index (κ1) is 8.02. The van der Waals surface area contributed by atoms with Crippen LogP contribution in [0.1, 0.15) is 13.3 Å². The van der Waals surface area contributed by atoms with E-state index in [9.17, 15) is 0 Å². The van der Waals surface area contributed by atoms with Crippen LogP contribution in [-0.2, 0) is 4.74 Å². The third kappa shape index (κ3) is 1.70. The number of likely N-dealkylation sites (N-methyl/N-ethyl adjacent to an activating group) is 1. The quantitative estimate of drug-likeness (QED) is 0.571. The average Bonchev–Trinajstić information content (AvgIpc) is 2.13. The Balaban J connectivity index is 2.31. The predicted molar refractivity (Wildman–Crippen MR) is 42.1 cm³/mol. The molecule has 0 saturated carbocycles. The molecule has 0 aliphatic carbocycles. The van der Waals surface area contributed by atoms with Gasteiger partial charge in [-0.25, -0.2) is 0 Å². The summed E-state index contributed by atoms with van der Waals surface area (Å²) in [6, 6.07) is 0.667. The molecule has 1 heterocycles. The van der Waals surface area contributed by atoms with Gasteiger partial charge in [0.2, 0.25) is 0 Å². The van der Waals surface area contributed by atoms with Crippen LogP contribution in [0.2, 0.25) is 0 Å². The molecule has 1 aliphatic rings. The molecule has 0 bridgehead atoms. The second-order valence-corrected chi connectivity index (χ2v) is 3.39. The van der Waals surface area contributed by atoms with Gasteiger partial charge in [-0.2, -0.15) is 0 Å². The van der Waals surface area contributed by atoms with Gasteiger partial charge in [-0.3, -0.25) is 0 Å². The van der Waals surface area contributed by atoms with Gasteiger partial charge in [0.15, 0.2) is 0 Å². The molecule has 0 amide bonds. The fraction of sp³-hybridized carbons (Fsp3) is 1.00. The van der Waals surface area contributed by atoms with Crippen molar-refractivity contribution in [3.63, 3.8) is 0 Å². The lowest BCUT2D eigenvalue weighted by Crippen LogP contribution is -2.28. The average molecular weight is 143 g/mol. The third-order valence-corrected chi connectivity index (χ3v) is 2.26. The first-order valence-electron chi connectivity index (χ1n) is 3.93. The van der Waals surface area contributed by atoms with Crippen molar-refractivity contribution in [1.82, 2.24) is 4.90 Å². The lowest BCUT2D eigenvalue weighted by Gasteiger charge is -2.17. The second kappa shape index (κ2) is 3.35. The summed E-state index contributed by atoms with van der Waals surface area (Å²) in [5, 5.41) is 0. The summed E-state index contributed by atoms with van der Waals surface area (Å²) in [4.78, 5) is 2.38. The van der Waals surface area contributed by atoms with E-state index in [-0.39, 0.29) is 0 Å². The number of likely N-dealkylation sites (tertiary alicyclic amines) is 1. The SMILES string of the molecule is COCC1C[C@@H](C)CN1C. The van der Waals surface area contributed by atoms with Crippen molar-refractivity contribution < 1.29 is 4.74 Å². The van der Waals surface area contributed by atoms with E-state index in [2.05, 4.69) is 18.9 Å². The summed E-state index contributed by atoms with van der Waals surface area (Å²) >= 11 is 0. The maximum Gasteiger partial charge on any atom is 0.0618 e. The fourth-order valence-corrected chi connectivity index (χ4v) is 1.75. The van der Waals surface area contributed by atoms with Crippen LogP contribution in [0.3, 0.4) is 0 Å². The highest BCUT2D eigenvalue weighted by atomic mass is 16.5. The molecule has 2 heteroatoms. The van der Waals surface area contributed by atoms with Crippen molar-refractivity contribution in [2.24, 2.45) is 5.92 Å². The number of hydrogen-bond acceptors (Lipinski definition) is 2. The fourth-order valence-electron chi connectivity index (χ4n) is 1.75. The zero-order chi connectivity index (χ0) is 7.56. The molecule has 1 unspecified atom stereocenters. The molecule has 0 aromatic heterocycles. The first-order chi connectivity index (χ1) is 4.74. The molecule has 2 nitrogen and oxygen atoms in total. The van der Waals surface area contributed by atoms with E-state index in [0.29, 0.717) is 6.04 Å². The van der Waals surface area contributed by atoms with Crippen LogP contribution in [0.4, 0.5) is 0 Å². The van der Waals surface area contributed by atoms with Gasteiger partial charge in [0.1, 0.15) is 0 Å². The lowest BCUT2D eigenvalue weighted by atomic mass is 10.1.